The number of carbonyl (C=O) groups is 1. The average molecular weight is 303 g/mol. The largest absolute Gasteiger partial charge is 0.301 e. The molecular weight excluding hydrogens is 282 g/mol. The van der Waals surface area contributed by atoms with E-state index in [1.165, 1.54) is 12.8 Å². The first-order valence-corrected chi connectivity index (χ1v) is 8.32. The molecule has 21 heavy (non-hydrogen) atoms. The number of amides is 1. The normalized spacial score (nSPS) is 17.2. The Balaban J connectivity index is 1.62. The first-order chi connectivity index (χ1) is 10.1. The Morgan fingerprint density at radius 2 is 2.19 bits per heavy atom. The second-order valence-electron chi connectivity index (χ2n) is 5.95. The number of rotatable bonds is 3. The number of aryl methyl sites for hydroxylation is 1. The number of piperidine rings is 1. The molecule has 1 N–H and O–H groups in total. The second-order valence-corrected chi connectivity index (χ2v) is 6.98. The van der Waals surface area contributed by atoms with Crippen LogP contribution < -0.4 is 5.32 Å². The van der Waals surface area contributed by atoms with E-state index in [0.717, 1.165) is 34.8 Å². The molecule has 0 atom stereocenters. The maximum Gasteiger partial charge on any atom is 0.240 e. The lowest BCUT2D eigenvalue weighted by atomic mass is 9.99. The van der Waals surface area contributed by atoms with E-state index >= 15 is 0 Å². The standard InChI is InChI=1S/C16H21N3OS/c1-11-6-8-19(9-7-11)10-14(20)17-16-18-15-12(2)4-3-5-13(15)21-16/h3-5,11H,6-10H2,1-2H3,(H,17,18,20). The van der Waals surface area contributed by atoms with Crippen molar-refractivity contribution in [2.45, 2.75) is 26.7 Å². The number of benzene rings is 1. The van der Waals surface area contributed by atoms with Gasteiger partial charge in [-0.3, -0.25) is 9.69 Å². The predicted molar refractivity (Wildman–Crippen MR) is 87.8 cm³/mol. The first kappa shape index (κ1) is 14.5. The van der Waals surface area contributed by atoms with E-state index in [1.807, 2.05) is 25.1 Å². The van der Waals surface area contributed by atoms with Gasteiger partial charge in [-0.2, -0.15) is 0 Å². The molecule has 1 aliphatic heterocycles. The van der Waals surface area contributed by atoms with Crippen LogP contribution in [0.1, 0.15) is 25.3 Å². The van der Waals surface area contributed by atoms with Crippen LogP contribution >= 0.6 is 11.3 Å². The molecule has 0 aliphatic carbocycles. The molecule has 1 fully saturated rings. The Bertz CT molecular complexity index is 644. The highest BCUT2D eigenvalue weighted by molar-refractivity contribution is 7.22. The van der Waals surface area contributed by atoms with E-state index in [2.05, 4.69) is 22.1 Å². The third-order valence-corrected chi connectivity index (χ3v) is 5.05. The van der Waals surface area contributed by atoms with Crippen LogP contribution in [0.4, 0.5) is 5.13 Å². The summed E-state index contributed by atoms with van der Waals surface area (Å²) in [6.45, 7) is 6.84. The Morgan fingerprint density at radius 1 is 1.43 bits per heavy atom. The van der Waals surface area contributed by atoms with Crippen molar-refractivity contribution in [2.24, 2.45) is 5.92 Å². The van der Waals surface area contributed by atoms with Gasteiger partial charge in [-0.05, 0) is 50.4 Å². The van der Waals surface area contributed by atoms with Crippen molar-refractivity contribution in [3.63, 3.8) is 0 Å². The van der Waals surface area contributed by atoms with E-state index in [1.54, 1.807) is 11.3 Å². The number of anilines is 1. The number of nitrogens with one attached hydrogen (secondary N) is 1. The molecule has 0 radical (unpaired) electrons. The number of hydrogen-bond acceptors (Lipinski definition) is 4. The molecule has 0 bridgehead atoms. The fourth-order valence-electron chi connectivity index (χ4n) is 2.72. The van der Waals surface area contributed by atoms with Gasteiger partial charge in [0.05, 0.1) is 16.8 Å². The quantitative estimate of drug-likeness (QED) is 0.946. The van der Waals surface area contributed by atoms with Crippen molar-refractivity contribution in [3.8, 4) is 0 Å². The highest BCUT2D eigenvalue weighted by Gasteiger charge is 2.18. The molecular formula is C16H21N3OS. The zero-order chi connectivity index (χ0) is 14.8. The molecule has 0 unspecified atom stereocenters. The van der Waals surface area contributed by atoms with Crippen molar-refractivity contribution in [3.05, 3.63) is 23.8 Å². The van der Waals surface area contributed by atoms with E-state index in [4.69, 9.17) is 0 Å². The van der Waals surface area contributed by atoms with Crippen molar-refractivity contribution in [1.29, 1.82) is 0 Å². The Morgan fingerprint density at radius 3 is 2.90 bits per heavy atom. The maximum absolute atomic E-state index is 12.1. The van der Waals surface area contributed by atoms with Gasteiger partial charge in [0.1, 0.15) is 0 Å². The zero-order valence-corrected chi connectivity index (χ0v) is 13.4. The van der Waals surface area contributed by atoms with Crippen LogP contribution in [0.2, 0.25) is 0 Å². The van der Waals surface area contributed by atoms with Gasteiger partial charge in [0.15, 0.2) is 5.13 Å². The van der Waals surface area contributed by atoms with Crippen molar-refractivity contribution in [2.75, 3.05) is 25.0 Å². The molecule has 0 saturated carbocycles. The molecule has 5 heteroatoms. The molecule has 1 aromatic carbocycles. The Kier molecular flexibility index (Phi) is 4.22. The van der Waals surface area contributed by atoms with Gasteiger partial charge in [0.25, 0.3) is 0 Å². The molecule has 1 amide bonds. The molecule has 2 heterocycles. The predicted octanol–water partition coefficient (Wildman–Crippen LogP) is 3.28. The Labute approximate surface area is 129 Å². The van der Waals surface area contributed by atoms with Crippen LogP contribution in [0.3, 0.4) is 0 Å². The third kappa shape index (κ3) is 3.41. The Hall–Kier alpha value is -1.46. The summed E-state index contributed by atoms with van der Waals surface area (Å²) < 4.78 is 1.12. The fraction of sp³-hybridized carbons (Fsp3) is 0.500. The number of hydrogen-bond donors (Lipinski definition) is 1. The second kappa shape index (κ2) is 6.12. The molecule has 2 aromatic rings. The van der Waals surface area contributed by atoms with Crippen LogP contribution in [0.25, 0.3) is 10.2 Å². The lowest BCUT2D eigenvalue weighted by Gasteiger charge is -2.29. The minimum Gasteiger partial charge on any atom is -0.301 e. The molecule has 3 rings (SSSR count). The molecule has 0 spiro atoms. The van der Waals surface area contributed by atoms with Gasteiger partial charge < -0.3 is 5.32 Å². The molecule has 1 aromatic heterocycles. The highest BCUT2D eigenvalue weighted by Crippen LogP contribution is 2.27. The average Bonchev–Trinajstić information content (AvgIpc) is 2.85. The molecule has 112 valence electrons. The summed E-state index contributed by atoms with van der Waals surface area (Å²) >= 11 is 1.54. The SMILES string of the molecule is Cc1cccc2sc(NC(=O)CN3CCC(C)CC3)nc12. The number of nitrogens with zero attached hydrogens (tertiary/aromatic N) is 2. The summed E-state index contributed by atoms with van der Waals surface area (Å²) in [5.74, 6) is 0.831. The monoisotopic (exact) mass is 303 g/mol. The van der Waals surface area contributed by atoms with E-state index in [9.17, 15) is 4.79 Å². The minimum atomic E-state index is 0.0428. The highest BCUT2D eigenvalue weighted by atomic mass is 32.1. The number of likely N-dealkylation sites (tertiary alicyclic amines) is 1. The van der Waals surface area contributed by atoms with Crippen LogP contribution in [-0.2, 0) is 4.79 Å². The summed E-state index contributed by atoms with van der Waals surface area (Å²) in [4.78, 5) is 18.9. The number of thiazole rings is 1. The number of fused-ring (bicyclic) bond motifs is 1. The minimum absolute atomic E-state index is 0.0428. The summed E-state index contributed by atoms with van der Waals surface area (Å²) in [5.41, 5.74) is 2.14. The molecule has 4 nitrogen and oxygen atoms in total. The van der Waals surface area contributed by atoms with Gasteiger partial charge in [-0.25, -0.2) is 4.98 Å². The van der Waals surface area contributed by atoms with Crippen molar-refractivity contribution in [1.82, 2.24) is 9.88 Å². The summed E-state index contributed by atoms with van der Waals surface area (Å²) in [7, 11) is 0. The van der Waals surface area contributed by atoms with Gasteiger partial charge >= 0.3 is 0 Å². The number of aromatic nitrogens is 1. The van der Waals surface area contributed by atoms with Crippen LogP contribution in [0, 0.1) is 12.8 Å². The van der Waals surface area contributed by atoms with Gasteiger partial charge in [0, 0.05) is 0 Å². The van der Waals surface area contributed by atoms with Gasteiger partial charge in [-0.1, -0.05) is 30.4 Å². The summed E-state index contributed by atoms with van der Waals surface area (Å²) in [5, 5.41) is 3.65. The zero-order valence-electron chi connectivity index (χ0n) is 12.6. The van der Waals surface area contributed by atoms with E-state index in [0.29, 0.717) is 11.7 Å². The van der Waals surface area contributed by atoms with Gasteiger partial charge in [-0.15, -0.1) is 0 Å². The van der Waals surface area contributed by atoms with Gasteiger partial charge in [0.2, 0.25) is 5.91 Å². The van der Waals surface area contributed by atoms with Crippen molar-refractivity contribution >= 4 is 32.6 Å². The summed E-state index contributed by atoms with van der Waals surface area (Å²) in [6.07, 6.45) is 2.38. The van der Waals surface area contributed by atoms with E-state index in [-0.39, 0.29) is 5.91 Å². The maximum atomic E-state index is 12.1. The fourth-order valence-corrected chi connectivity index (χ4v) is 3.68. The van der Waals surface area contributed by atoms with Crippen molar-refractivity contribution < 1.29 is 4.79 Å². The molecule has 1 saturated heterocycles. The lowest BCUT2D eigenvalue weighted by Crippen LogP contribution is -2.38. The topological polar surface area (TPSA) is 45.2 Å². The summed E-state index contributed by atoms with van der Waals surface area (Å²) in [6, 6.07) is 6.11. The van der Waals surface area contributed by atoms with Crippen LogP contribution in [0.5, 0.6) is 0 Å². The smallest absolute Gasteiger partial charge is 0.240 e. The number of para-hydroxylation sites is 1. The molecule has 1 aliphatic rings. The van der Waals surface area contributed by atoms with Crippen LogP contribution in [0.15, 0.2) is 18.2 Å². The lowest BCUT2D eigenvalue weighted by molar-refractivity contribution is -0.117. The third-order valence-electron chi connectivity index (χ3n) is 4.11. The van der Waals surface area contributed by atoms with E-state index < -0.39 is 0 Å². The van der Waals surface area contributed by atoms with Crippen LogP contribution in [-0.4, -0.2) is 35.4 Å². The number of carbonyl (C=O) groups excluding carboxylic acids is 1. The first-order valence-electron chi connectivity index (χ1n) is 7.50.